The Bertz CT molecular complexity index is 873. The topological polar surface area (TPSA) is 80.6 Å². The maximum atomic E-state index is 4.86. The summed E-state index contributed by atoms with van der Waals surface area (Å²) in [6, 6.07) is 10.2. The van der Waals surface area contributed by atoms with Gasteiger partial charge in [0, 0.05) is 44.1 Å². The number of anilines is 1. The van der Waals surface area contributed by atoms with Gasteiger partial charge >= 0.3 is 0 Å². The highest BCUT2D eigenvalue weighted by molar-refractivity contribution is 5.60. The number of fused-ring (bicyclic) bond motifs is 1. The second-order valence-corrected chi connectivity index (χ2v) is 6.41. The molecule has 2 aromatic heterocycles. The Labute approximate surface area is 152 Å². The van der Waals surface area contributed by atoms with Crippen LogP contribution in [0.25, 0.3) is 11.4 Å². The quantitative estimate of drug-likeness (QED) is 0.728. The minimum absolute atomic E-state index is 0.762. The van der Waals surface area contributed by atoms with Crippen LogP contribution in [-0.4, -0.2) is 44.4 Å². The van der Waals surface area contributed by atoms with Crippen molar-refractivity contribution in [1.29, 1.82) is 0 Å². The average molecular weight is 349 g/mol. The summed E-state index contributed by atoms with van der Waals surface area (Å²) < 4.78 is 1.81. The minimum atomic E-state index is 0.762. The van der Waals surface area contributed by atoms with Gasteiger partial charge < -0.3 is 10.6 Å². The van der Waals surface area contributed by atoms with Crippen LogP contribution >= 0.6 is 0 Å². The lowest BCUT2D eigenvalue weighted by atomic mass is 10.1. The van der Waals surface area contributed by atoms with Gasteiger partial charge in [-0.05, 0) is 13.0 Å². The van der Waals surface area contributed by atoms with Crippen molar-refractivity contribution < 1.29 is 0 Å². The van der Waals surface area contributed by atoms with E-state index in [-0.39, 0.29) is 0 Å². The van der Waals surface area contributed by atoms with Gasteiger partial charge in [0.25, 0.3) is 0 Å². The summed E-state index contributed by atoms with van der Waals surface area (Å²) in [5.41, 5.74) is 3.42. The van der Waals surface area contributed by atoms with Crippen molar-refractivity contribution in [1.82, 2.24) is 30.0 Å². The zero-order chi connectivity index (χ0) is 17.8. The fraction of sp³-hybridized carbons (Fsp3) is 0.368. The number of hydrogen-bond donors (Lipinski definition) is 2. The average Bonchev–Trinajstić information content (AvgIpc) is 2.93. The number of aromatic nitrogens is 5. The maximum absolute atomic E-state index is 4.86. The van der Waals surface area contributed by atoms with E-state index >= 15 is 0 Å². The lowest BCUT2D eigenvalue weighted by Gasteiger charge is -2.15. The van der Waals surface area contributed by atoms with Gasteiger partial charge in [-0.25, -0.2) is 15.0 Å². The van der Waals surface area contributed by atoms with E-state index in [2.05, 4.69) is 32.8 Å². The molecule has 0 aliphatic carbocycles. The molecule has 0 spiro atoms. The summed E-state index contributed by atoms with van der Waals surface area (Å²) in [7, 11) is 1.91. The monoisotopic (exact) mass is 349 g/mol. The fourth-order valence-electron chi connectivity index (χ4n) is 3.25. The summed E-state index contributed by atoms with van der Waals surface area (Å²) in [6.45, 7) is 2.67. The lowest BCUT2D eigenvalue weighted by Crippen LogP contribution is -2.16. The van der Waals surface area contributed by atoms with Gasteiger partial charge in [-0.1, -0.05) is 30.3 Å². The van der Waals surface area contributed by atoms with Gasteiger partial charge in [-0.3, -0.25) is 4.68 Å². The van der Waals surface area contributed by atoms with Crippen LogP contribution in [0.15, 0.2) is 36.7 Å². The highest BCUT2D eigenvalue weighted by atomic mass is 15.3. The highest BCUT2D eigenvalue weighted by Crippen LogP contribution is 2.24. The molecule has 3 aromatic rings. The van der Waals surface area contributed by atoms with E-state index in [1.807, 2.05) is 29.9 Å². The lowest BCUT2D eigenvalue weighted by molar-refractivity contribution is 0.700. The van der Waals surface area contributed by atoms with E-state index in [9.17, 15) is 0 Å². The van der Waals surface area contributed by atoms with E-state index in [1.54, 1.807) is 6.33 Å². The molecular formula is C19H23N7. The van der Waals surface area contributed by atoms with Crippen LogP contribution in [0, 0.1) is 0 Å². The Hall–Kier alpha value is -2.80. The van der Waals surface area contributed by atoms with Gasteiger partial charge in [0.2, 0.25) is 0 Å². The summed E-state index contributed by atoms with van der Waals surface area (Å²) >= 11 is 0. The molecule has 2 N–H and O–H groups in total. The van der Waals surface area contributed by atoms with Gasteiger partial charge in [0.1, 0.15) is 18.0 Å². The summed E-state index contributed by atoms with van der Waals surface area (Å²) in [5.74, 6) is 2.69. The van der Waals surface area contributed by atoms with Crippen molar-refractivity contribution in [3.05, 3.63) is 53.7 Å². The van der Waals surface area contributed by atoms with Crippen LogP contribution < -0.4 is 10.6 Å². The van der Waals surface area contributed by atoms with E-state index < -0.39 is 0 Å². The molecule has 0 saturated carbocycles. The molecule has 0 atom stereocenters. The maximum Gasteiger partial charge on any atom is 0.161 e. The third-order valence-electron chi connectivity index (χ3n) is 4.66. The first-order chi connectivity index (χ1) is 12.8. The van der Waals surface area contributed by atoms with Gasteiger partial charge in [0.15, 0.2) is 5.82 Å². The standard InChI is InChI=1S/C19H23N7/c1-26-17(22-13-23-26)9-12-21-19-15-7-10-20-11-8-16(15)24-18(25-19)14-5-3-2-4-6-14/h2-6,13,20H,7-12H2,1H3,(H,21,24,25). The number of rotatable bonds is 5. The molecule has 1 aromatic carbocycles. The Balaban J connectivity index is 1.62. The SMILES string of the molecule is Cn1ncnc1CCNc1nc(-c2ccccc2)nc2c1CCNCC2. The number of hydrogen-bond acceptors (Lipinski definition) is 6. The van der Waals surface area contributed by atoms with Crippen LogP contribution in [0.1, 0.15) is 17.1 Å². The van der Waals surface area contributed by atoms with E-state index in [1.165, 1.54) is 5.56 Å². The molecule has 0 amide bonds. The van der Waals surface area contributed by atoms with Crippen LogP contribution in [-0.2, 0) is 26.3 Å². The molecule has 7 nitrogen and oxygen atoms in total. The van der Waals surface area contributed by atoms with Crippen LogP contribution in [0.4, 0.5) is 5.82 Å². The normalized spacial score (nSPS) is 13.9. The number of nitrogens with zero attached hydrogens (tertiary/aromatic N) is 5. The molecule has 134 valence electrons. The van der Waals surface area contributed by atoms with Crippen LogP contribution in [0.2, 0.25) is 0 Å². The van der Waals surface area contributed by atoms with Gasteiger partial charge in [-0.15, -0.1) is 0 Å². The Morgan fingerprint density at radius 1 is 1.12 bits per heavy atom. The first kappa shape index (κ1) is 16.7. The zero-order valence-corrected chi connectivity index (χ0v) is 14.9. The molecule has 1 aliphatic heterocycles. The molecule has 1 aliphatic rings. The van der Waals surface area contributed by atoms with Crippen LogP contribution in [0.5, 0.6) is 0 Å². The molecule has 3 heterocycles. The summed E-state index contributed by atoms with van der Waals surface area (Å²) in [5, 5.41) is 11.1. The van der Waals surface area contributed by atoms with E-state index in [4.69, 9.17) is 9.97 Å². The molecule has 0 saturated heterocycles. The molecule has 7 heteroatoms. The second kappa shape index (κ2) is 7.61. The molecule has 26 heavy (non-hydrogen) atoms. The number of benzene rings is 1. The highest BCUT2D eigenvalue weighted by Gasteiger charge is 2.17. The second-order valence-electron chi connectivity index (χ2n) is 6.41. The third-order valence-corrected chi connectivity index (χ3v) is 4.66. The molecule has 0 fully saturated rings. The number of nitrogens with one attached hydrogen (secondary N) is 2. The molecule has 0 radical (unpaired) electrons. The summed E-state index contributed by atoms with van der Waals surface area (Å²) in [4.78, 5) is 14.0. The zero-order valence-electron chi connectivity index (χ0n) is 14.9. The van der Waals surface area contributed by atoms with Gasteiger partial charge in [-0.2, -0.15) is 5.10 Å². The Morgan fingerprint density at radius 2 is 1.96 bits per heavy atom. The minimum Gasteiger partial charge on any atom is -0.369 e. The van der Waals surface area contributed by atoms with E-state index in [0.717, 1.165) is 67.6 Å². The Kier molecular flexibility index (Phi) is 4.88. The molecular weight excluding hydrogens is 326 g/mol. The summed E-state index contributed by atoms with van der Waals surface area (Å²) in [6.07, 6.45) is 4.26. The molecule has 0 bridgehead atoms. The van der Waals surface area contributed by atoms with E-state index in [0.29, 0.717) is 0 Å². The van der Waals surface area contributed by atoms with Crippen molar-refractivity contribution in [3.8, 4) is 11.4 Å². The first-order valence-corrected chi connectivity index (χ1v) is 9.04. The predicted molar refractivity (Wildman–Crippen MR) is 101 cm³/mol. The fourth-order valence-corrected chi connectivity index (χ4v) is 3.25. The van der Waals surface area contributed by atoms with Crippen LogP contribution in [0.3, 0.4) is 0 Å². The first-order valence-electron chi connectivity index (χ1n) is 9.04. The van der Waals surface area contributed by atoms with Crippen molar-refractivity contribution >= 4 is 5.82 Å². The predicted octanol–water partition coefficient (Wildman–Crippen LogP) is 1.61. The van der Waals surface area contributed by atoms with Crippen molar-refractivity contribution in [2.75, 3.05) is 25.0 Å². The third kappa shape index (κ3) is 3.57. The van der Waals surface area contributed by atoms with Crippen molar-refractivity contribution in [2.45, 2.75) is 19.3 Å². The number of aryl methyl sites for hydroxylation is 1. The van der Waals surface area contributed by atoms with Crippen molar-refractivity contribution in [2.24, 2.45) is 7.05 Å². The van der Waals surface area contributed by atoms with Crippen molar-refractivity contribution in [3.63, 3.8) is 0 Å². The Morgan fingerprint density at radius 3 is 2.77 bits per heavy atom. The largest absolute Gasteiger partial charge is 0.369 e. The smallest absolute Gasteiger partial charge is 0.161 e. The van der Waals surface area contributed by atoms with Gasteiger partial charge in [0.05, 0.1) is 5.69 Å². The molecule has 4 rings (SSSR count). The molecule has 0 unspecified atom stereocenters.